The van der Waals surface area contributed by atoms with E-state index in [4.69, 9.17) is 2.74 Å². The molecule has 3 aromatic heterocycles. The van der Waals surface area contributed by atoms with Crippen LogP contribution in [-0.2, 0) is 5.41 Å². The van der Waals surface area contributed by atoms with Crippen LogP contribution in [0.25, 0.3) is 121 Å². The summed E-state index contributed by atoms with van der Waals surface area (Å²) in [4.78, 5) is 4.89. The van der Waals surface area contributed by atoms with Crippen LogP contribution in [0.2, 0.25) is 0 Å². The molecule has 0 bridgehead atoms. The zero-order chi connectivity index (χ0) is 68.6. The van der Waals surface area contributed by atoms with E-state index in [1.165, 1.54) is 5.56 Å². The lowest BCUT2D eigenvalue weighted by Gasteiger charge is -2.45. The van der Waals surface area contributed by atoms with Crippen molar-refractivity contribution in [2.75, 3.05) is 9.80 Å². The van der Waals surface area contributed by atoms with Crippen LogP contribution < -0.4 is 26.2 Å². The van der Waals surface area contributed by atoms with Crippen LogP contribution in [0.4, 0.5) is 34.1 Å². The SMILES string of the molecule is [2H]c1c([2H])c([2H])c2c(c1[2H])c1c([2H])c([2H])c([2H])c([2H])c1n2-c1ccc2c(c1)N(c1ccc(-c3ccccc3)cc1)c1c3c(cc4c1c1cccc5c6ccccc6c6ccccc6c6ccccc6n4c51)N(c1ccc(-c4ccccc4)cc1)c1cc(-c4cccc(C(C)(C)C)c4)ccc1B23. The van der Waals surface area contributed by atoms with E-state index in [1.54, 1.807) is 4.57 Å². The Balaban J connectivity index is 1.02. The van der Waals surface area contributed by atoms with Gasteiger partial charge in [0, 0.05) is 66.4 Å². The number of hydrogen-bond donors (Lipinski definition) is 0. The van der Waals surface area contributed by atoms with Gasteiger partial charge in [-0.05, 0) is 149 Å². The fraction of sp³-hybridized carbons (Fsp3) is 0.0455. The zero-order valence-corrected chi connectivity index (χ0v) is 51.3. The molecule has 5 heterocycles. The van der Waals surface area contributed by atoms with Gasteiger partial charge in [0.25, 0.3) is 6.71 Å². The van der Waals surface area contributed by atoms with Crippen molar-refractivity contribution in [3.63, 3.8) is 0 Å². The summed E-state index contributed by atoms with van der Waals surface area (Å²) < 4.78 is 78.9. The average molecular weight is 1190 g/mol. The fourth-order valence-corrected chi connectivity index (χ4v) is 15.4. The molecule has 0 saturated heterocycles. The molecule has 436 valence electrons. The van der Waals surface area contributed by atoms with Crippen molar-refractivity contribution in [3.8, 4) is 39.1 Å². The molecule has 0 unspecified atom stereocenters. The molecule has 0 fully saturated rings. The van der Waals surface area contributed by atoms with Crippen LogP contribution in [0, 0.1) is 0 Å². The van der Waals surface area contributed by atoms with Gasteiger partial charge in [-0.15, -0.1) is 0 Å². The molecule has 0 saturated carbocycles. The summed E-state index contributed by atoms with van der Waals surface area (Å²) in [6.07, 6.45) is 0. The molecule has 19 rings (SSSR count). The Morgan fingerprint density at radius 3 is 1.42 bits per heavy atom. The van der Waals surface area contributed by atoms with Crippen molar-refractivity contribution in [2.24, 2.45) is 0 Å². The van der Waals surface area contributed by atoms with Gasteiger partial charge < -0.3 is 18.8 Å². The van der Waals surface area contributed by atoms with Crippen LogP contribution in [0.15, 0.2) is 315 Å². The first-order chi connectivity index (χ1) is 49.1. The lowest BCUT2D eigenvalue weighted by atomic mass is 9.33. The predicted octanol–water partition coefficient (Wildman–Crippen LogP) is 21.7. The van der Waals surface area contributed by atoms with E-state index in [2.05, 4.69) is 284 Å². The molecule has 0 N–H and O–H groups in total. The fourth-order valence-electron chi connectivity index (χ4n) is 15.4. The number of benzene rings is 14. The van der Waals surface area contributed by atoms with Gasteiger partial charge in [-0.3, -0.25) is 0 Å². The van der Waals surface area contributed by atoms with Crippen LogP contribution in [-0.4, -0.2) is 15.7 Å². The molecule has 2 aliphatic heterocycles. The predicted molar refractivity (Wildman–Crippen MR) is 397 cm³/mol. The normalized spacial score (nSPS) is 14.0. The van der Waals surface area contributed by atoms with Gasteiger partial charge in [-0.1, -0.05) is 269 Å². The number of anilines is 6. The Hall–Kier alpha value is -11.7. The maximum Gasteiger partial charge on any atom is 0.252 e. The van der Waals surface area contributed by atoms with Gasteiger partial charge >= 0.3 is 0 Å². The highest BCUT2D eigenvalue weighted by Gasteiger charge is 2.45. The number of rotatable bonds is 6. The standard InChI is InChI=1S/C88H61BN4/c1-88(2,3)62-27-20-26-60(52-62)61-44-50-75-80(53-61)90(63-45-40-58(41-46-63)56-22-6-4-7-23-56)83-55-82-84(74-36-21-35-73-69-31-13-11-29-67(69)66-28-10-12-30-68(66)70-32-14-19-39-79(70)93(82)86(73)74)87-85(83)89(75)76-51-49-65(91-77-37-17-15-33-71(77)72-34-16-18-38-78(72)91)54-81(76)92(87)64-47-42-59(43-48-64)57-24-8-5-9-25-57/h4-55H,1-3H3/i15D,16D,17D,18D,33D,34D,37D,38D. The third-order valence-corrected chi connectivity index (χ3v) is 19.7. The molecule has 0 amide bonds. The molecule has 0 atom stereocenters. The third kappa shape index (κ3) is 8.06. The van der Waals surface area contributed by atoms with Crippen LogP contribution >= 0.6 is 0 Å². The van der Waals surface area contributed by atoms with E-state index in [1.807, 2.05) is 18.2 Å². The Labute approximate surface area is 551 Å². The van der Waals surface area contributed by atoms with Crippen LogP contribution in [0.3, 0.4) is 0 Å². The lowest BCUT2D eigenvalue weighted by molar-refractivity contribution is 0.590. The first-order valence-corrected chi connectivity index (χ1v) is 31.9. The number of hydrogen-bond acceptors (Lipinski definition) is 2. The summed E-state index contributed by atoms with van der Waals surface area (Å²) in [5, 5.41) is 8.68. The van der Waals surface area contributed by atoms with Gasteiger partial charge in [0.1, 0.15) is 0 Å². The highest BCUT2D eigenvalue weighted by molar-refractivity contribution is 7.00. The van der Waals surface area contributed by atoms with Gasteiger partial charge in [0.05, 0.1) is 44.2 Å². The highest BCUT2D eigenvalue weighted by Crippen LogP contribution is 2.52. The minimum absolute atomic E-state index is 0.0176. The Morgan fingerprint density at radius 1 is 0.323 bits per heavy atom. The molecule has 5 heteroatoms. The molecule has 0 radical (unpaired) electrons. The molecule has 93 heavy (non-hydrogen) atoms. The minimum atomic E-state index is -0.494. The highest BCUT2D eigenvalue weighted by atomic mass is 15.2. The molecule has 0 aliphatic carbocycles. The topological polar surface area (TPSA) is 15.8 Å². The maximum absolute atomic E-state index is 9.74. The maximum atomic E-state index is 9.74. The van der Waals surface area contributed by atoms with Crippen molar-refractivity contribution in [1.29, 1.82) is 0 Å². The van der Waals surface area contributed by atoms with E-state index in [-0.39, 0.29) is 51.4 Å². The van der Waals surface area contributed by atoms with E-state index in [0.29, 0.717) is 5.69 Å². The average Bonchev–Trinajstić information content (AvgIpc) is 1.37. The monoisotopic (exact) mass is 1190 g/mol. The summed E-state index contributed by atoms with van der Waals surface area (Å²) in [7, 11) is 0. The molecule has 0 spiro atoms. The van der Waals surface area contributed by atoms with Crippen LogP contribution in [0.5, 0.6) is 0 Å². The number of aromatic nitrogens is 2. The second kappa shape index (κ2) is 20.4. The number of nitrogens with zero attached hydrogens (tertiary/aromatic N) is 4. The Morgan fingerprint density at radius 2 is 0.785 bits per heavy atom. The van der Waals surface area contributed by atoms with E-state index in [0.717, 1.165) is 144 Å². The van der Waals surface area contributed by atoms with Crippen molar-refractivity contribution in [2.45, 2.75) is 26.2 Å². The number of fused-ring (bicyclic) bond motifs is 18. The lowest BCUT2D eigenvalue weighted by Crippen LogP contribution is -2.61. The first-order valence-electron chi connectivity index (χ1n) is 35.9. The van der Waals surface area contributed by atoms with Gasteiger partial charge in [0.2, 0.25) is 0 Å². The molecule has 4 nitrogen and oxygen atoms in total. The summed E-state index contributed by atoms with van der Waals surface area (Å²) >= 11 is 0. The van der Waals surface area contributed by atoms with Crippen molar-refractivity contribution < 1.29 is 11.0 Å². The second-order valence-electron chi connectivity index (χ2n) is 25.8. The first kappa shape index (κ1) is 45.6. The Kier molecular flexibility index (Phi) is 10.0. The van der Waals surface area contributed by atoms with E-state index < -0.39 is 30.9 Å². The summed E-state index contributed by atoms with van der Waals surface area (Å²) in [6.45, 7) is 6.31. The molecule has 2 aliphatic rings. The zero-order valence-electron chi connectivity index (χ0n) is 59.3. The second-order valence-corrected chi connectivity index (χ2v) is 25.8. The van der Waals surface area contributed by atoms with Crippen LogP contribution in [0.1, 0.15) is 37.3 Å². The van der Waals surface area contributed by atoms with Gasteiger partial charge in [0.15, 0.2) is 0 Å². The minimum Gasteiger partial charge on any atom is -0.311 e. The van der Waals surface area contributed by atoms with E-state index >= 15 is 0 Å². The Bertz CT molecular complexity index is 6410. The molecular weight excluding hydrogens is 1120 g/mol. The van der Waals surface area contributed by atoms with E-state index in [9.17, 15) is 8.22 Å². The van der Waals surface area contributed by atoms with Gasteiger partial charge in [-0.2, -0.15) is 0 Å². The smallest absolute Gasteiger partial charge is 0.252 e. The molecule has 17 aromatic rings. The molecule has 14 aromatic carbocycles. The third-order valence-electron chi connectivity index (χ3n) is 19.7. The summed E-state index contributed by atoms with van der Waals surface area (Å²) in [5.41, 5.74) is 19.7. The largest absolute Gasteiger partial charge is 0.311 e. The quantitative estimate of drug-likeness (QED) is 0.154. The van der Waals surface area contributed by atoms with Gasteiger partial charge in [-0.25, -0.2) is 0 Å². The molecular formula is C88H61BN4. The number of para-hydroxylation sites is 4. The van der Waals surface area contributed by atoms with Crippen molar-refractivity contribution >= 4 is 139 Å². The van der Waals surface area contributed by atoms with Crippen molar-refractivity contribution in [1.82, 2.24) is 8.97 Å². The summed E-state index contributed by atoms with van der Waals surface area (Å²) in [5.74, 6) is 0. The summed E-state index contributed by atoms with van der Waals surface area (Å²) in [6, 6.07) is 92.7. The van der Waals surface area contributed by atoms with Crippen molar-refractivity contribution in [3.05, 3.63) is 321 Å².